The van der Waals surface area contributed by atoms with E-state index in [1.807, 2.05) is 25.1 Å². The van der Waals surface area contributed by atoms with E-state index in [1.54, 1.807) is 11.1 Å². The number of amides is 1. The molecular formula is C20H19FN2O. The van der Waals surface area contributed by atoms with E-state index in [-0.39, 0.29) is 11.7 Å². The molecule has 24 heavy (non-hydrogen) atoms. The van der Waals surface area contributed by atoms with Crippen molar-refractivity contribution in [2.45, 2.75) is 38.6 Å². The van der Waals surface area contributed by atoms with Crippen molar-refractivity contribution in [2.75, 3.05) is 0 Å². The summed E-state index contributed by atoms with van der Waals surface area (Å²) in [7, 11) is 0. The molecule has 0 saturated carbocycles. The molecule has 122 valence electrons. The van der Waals surface area contributed by atoms with Gasteiger partial charge in [-0.1, -0.05) is 35.9 Å². The molecule has 0 N–H and O–H groups in total. The standard InChI is InChI=1S/C20H19FN2O/c1-13-7-8-18(21)16(11-13)19-12-20(23(22-19)14(2)24)10-9-15-5-3-4-6-17(15)20/h3-8,11H,9-10,12H2,1-2H3. The third kappa shape index (κ3) is 2.09. The minimum atomic E-state index is -0.464. The smallest absolute Gasteiger partial charge is 0.240 e. The highest BCUT2D eigenvalue weighted by Gasteiger charge is 2.50. The lowest BCUT2D eigenvalue weighted by Crippen LogP contribution is -2.40. The Hall–Kier alpha value is -2.49. The zero-order chi connectivity index (χ0) is 16.9. The van der Waals surface area contributed by atoms with E-state index in [0.717, 1.165) is 24.0 Å². The van der Waals surface area contributed by atoms with Crippen molar-refractivity contribution in [3.05, 3.63) is 70.5 Å². The molecule has 0 aromatic heterocycles. The number of hydrogen-bond donors (Lipinski definition) is 0. The Morgan fingerprint density at radius 2 is 2.04 bits per heavy atom. The highest BCUT2D eigenvalue weighted by molar-refractivity contribution is 6.04. The van der Waals surface area contributed by atoms with Gasteiger partial charge in [0.2, 0.25) is 5.91 Å². The number of fused-ring (bicyclic) bond motifs is 2. The largest absolute Gasteiger partial charge is 0.273 e. The van der Waals surface area contributed by atoms with E-state index in [0.29, 0.717) is 17.7 Å². The number of carbonyl (C=O) groups excluding carboxylic acids is 1. The van der Waals surface area contributed by atoms with Crippen molar-refractivity contribution in [1.29, 1.82) is 0 Å². The Labute approximate surface area is 140 Å². The molecule has 1 atom stereocenters. The van der Waals surface area contributed by atoms with E-state index in [9.17, 15) is 9.18 Å². The van der Waals surface area contributed by atoms with Crippen LogP contribution in [0.1, 0.15) is 42.0 Å². The van der Waals surface area contributed by atoms with Crippen LogP contribution in [0.2, 0.25) is 0 Å². The zero-order valence-electron chi connectivity index (χ0n) is 13.8. The second kappa shape index (κ2) is 5.26. The zero-order valence-corrected chi connectivity index (χ0v) is 13.8. The Bertz CT molecular complexity index is 874. The van der Waals surface area contributed by atoms with Crippen LogP contribution < -0.4 is 0 Å². The van der Waals surface area contributed by atoms with Crippen molar-refractivity contribution in [1.82, 2.24) is 5.01 Å². The van der Waals surface area contributed by atoms with Crippen LogP contribution in [0.25, 0.3) is 0 Å². The maximum Gasteiger partial charge on any atom is 0.240 e. The van der Waals surface area contributed by atoms with Crippen molar-refractivity contribution in [3.8, 4) is 0 Å². The Balaban J connectivity index is 1.83. The number of benzene rings is 2. The second-order valence-electron chi connectivity index (χ2n) is 6.73. The number of aryl methyl sites for hydroxylation is 2. The quantitative estimate of drug-likeness (QED) is 0.783. The van der Waals surface area contributed by atoms with Crippen LogP contribution in [0, 0.1) is 12.7 Å². The number of hydrogen-bond acceptors (Lipinski definition) is 2. The summed E-state index contributed by atoms with van der Waals surface area (Å²) in [5, 5.41) is 6.13. The highest BCUT2D eigenvalue weighted by Crippen LogP contribution is 2.48. The summed E-state index contributed by atoms with van der Waals surface area (Å²) in [6.07, 6.45) is 2.30. The number of rotatable bonds is 1. The first-order valence-electron chi connectivity index (χ1n) is 8.24. The lowest BCUT2D eigenvalue weighted by atomic mass is 9.85. The molecule has 0 saturated heterocycles. The van der Waals surface area contributed by atoms with Crippen molar-refractivity contribution in [3.63, 3.8) is 0 Å². The van der Waals surface area contributed by atoms with Gasteiger partial charge in [0.1, 0.15) is 5.82 Å². The van der Waals surface area contributed by atoms with E-state index < -0.39 is 5.54 Å². The second-order valence-corrected chi connectivity index (χ2v) is 6.73. The van der Waals surface area contributed by atoms with Crippen LogP contribution in [0.5, 0.6) is 0 Å². The molecule has 4 heteroatoms. The monoisotopic (exact) mass is 322 g/mol. The van der Waals surface area contributed by atoms with Crippen molar-refractivity contribution in [2.24, 2.45) is 5.10 Å². The molecule has 3 nitrogen and oxygen atoms in total. The van der Waals surface area contributed by atoms with Gasteiger partial charge in [-0.05, 0) is 43.0 Å². The molecule has 0 bridgehead atoms. The molecule has 2 aromatic rings. The fourth-order valence-corrected chi connectivity index (χ4v) is 4.06. The molecule has 2 aromatic carbocycles. The predicted molar refractivity (Wildman–Crippen MR) is 91.3 cm³/mol. The maximum atomic E-state index is 14.3. The SMILES string of the molecule is CC(=O)N1N=C(c2cc(C)ccc2F)CC12CCc1ccccc12. The van der Waals surface area contributed by atoms with Crippen LogP contribution in [0.4, 0.5) is 4.39 Å². The highest BCUT2D eigenvalue weighted by atomic mass is 19.1. The van der Waals surface area contributed by atoms with E-state index >= 15 is 0 Å². The molecule has 2 aliphatic rings. The molecule has 1 aliphatic carbocycles. The number of nitrogens with zero attached hydrogens (tertiary/aromatic N) is 2. The Morgan fingerprint density at radius 1 is 1.25 bits per heavy atom. The number of halogens is 1. The van der Waals surface area contributed by atoms with E-state index in [1.165, 1.54) is 18.6 Å². The van der Waals surface area contributed by atoms with Crippen LogP contribution in [-0.2, 0) is 16.8 Å². The summed E-state index contributed by atoms with van der Waals surface area (Å²) < 4.78 is 14.3. The van der Waals surface area contributed by atoms with Gasteiger partial charge in [-0.2, -0.15) is 5.10 Å². The van der Waals surface area contributed by atoms with Crippen LogP contribution in [-0.4, -0.2) is 16.6 Å². The molecule has 0 radical (unpaired) electrons. The van der Waals surface area contributed by atoms with E-state index in [4.69, 9.17) is 0 Å². The molecule has 1 amide bonds. The first-order chi connectivity index (χ1) is 11.5. The number of hydrazone groups is 1. The summed E-state index contributed by atoms with van der Waals surface area (Å²) in [6, 6.07) is 13.2. The topological polar surface area (TPSA) is 32.7 Å². The molecule has 1 heterocycles. The molecule has 1 aliphatic heterocycles. The normalized spacial score (nSPS) is 22.0. The summed E-state index contributed by atoms with van der Waals surface area (Å²) in [5.74, 6) is -0.388. The minimum Gasteiger partial charge on any atom is -0.273 e. The fourth-order valence-electron chi connectivity index (χ4n) is 4.06. The van der Waals surface area contributed by atoms with Gasteiger partial charge in [0.05, 0.1) is 11.3 Å². The molecule has 0 fully saturated rings. The van der Waals surface area contributed by atoms with E-state index in [2.05, 4.69) is 17.2 Å². The first-order valence-corrected chi connectivity index (χ1v) is 8.24. The average Bonchev–Trinajstić information content (AvgIpc) is 3.13. The predicted octanol–water partition coefficient (Wildman–Crippen LogP) is 3.93. The third-order valence-electron chi connectivity index (χ3n) is 5.14. The molecular weight excluding hydrogens is 303 g/mol. The van der Waals surface area contributed by atoms with Gasteiger partial charge in [-0.25, -0.2) is 9.40 Å². The molecule has 4 rings (SSSR count). The Morgan fingerprint density at radius 3 is 2.83 bits per heavy atom. The summed E-state index contributed by atoms with van der Waals surface area (Å²) >= 11 is 0. The summed E-state index contributed by atoms with van der Waals surface area (Å²) in [5.41, 5.74) is 4.08. The number of carbonyl (C=O) groups is 1. The van der Waals surface area contributed by atoms with Crippen LogP contribution in [0.15, 0.2) is 47.6 Å². The molecule has 1 spiro atoms. The maximum absolute atomic E-state index is 14.3. The van der Waals surface area contributed by atoms with Gasteiger partial charge >= 0.3 is 0 Å². The van der Waals surface area contributed by atoms with Crippen molar-refractivity contribution >= 4 is 11.6 Å². The van der Waals surface area contributed by atoms with Crippen molar-refractivity contribution < 1.29 is 9.18 Å². The van der Waals surface area contributed by atoms with Gasteiger partial charge in [0.25, 0.3) is 0 Å². The van der Waals surface area contributed by atoms with Gasteiger partial charge in [-0.15, -0.1) is 0 Å². The molecule has 1 unspecified atom stereocenters. The summed E-state index contributed by atoms with van der Waals surface area (Å²) in [6.45, 7) is 3.46. The van der Waals surface area contributed by atoms with Gasteiger partial charge < -0.3 is 0 Å². The average molecular weight is 322 g/mol. The van der Waals surface area contributed by atoms with Crippen LogP contribution in [0.3, 0.4) is 0 Å². The van der Waals surface area contributed by atoms with Gasteiger partial charge in [0, 0.05) is 18.9 Å². The third-order valence-corrected chi connectivity index (χ3v) is 5.14. The van der Waals surface area contributed by atoms with Crippen LogP contribution >= 0.6 is 0 Å². The first kappa shape index (κ1) is 15.1. The lowest BCUT2D eigenvalue weighted by molar-refractivity contribution is -0.134. The van der Waals surface area contributed by atoms with Gasteiger partial charge in [0.15, 0.2) is 0 Å². The summed E-state index contributed by atoms with van der Waals surface area (Å²) in [4.78, 5) is 12.3. The Kier molecular flexibility index (Phi) is 3.30. The lowest BCUT2D eigenvalue weighted by Gasteiger charge is -2.32. The minimum absolute atomic E-state index is 0.102. The van der Waals surface area contributed by atoms with Gasteiger partial charge in [-0.3, -0.25) is 4.79 Å². The fraction of sp³-hybridized carbons (Fsp3) is 0.300.